The van der Waals surface area contributed by atoms with Crippen LogP contribution in [0.3, 0.4) is 0 Å². The molecule has 1 atom stereocenters. The molecule has 0 fully saturated rings. The van der Waals surface area contributed by atoms with E-state index in [0.29, 0.717) is 22.9 Å². The largest absolute Gasteiger partial charge is 0.493 e. The maximum Gasteiger partial charge on any atom is 0.253 e. The van der Waals surface area contributed by atoms with Crippen molar-refractivity contribution in [1.82, 2.24) is 15.0 Å². The molecule has 1 amide bonds. The van der Waals surface area contributed by atoms with Crippen molar-refractivity contribution >= 4 is 5.91 Å². The van der Waals surface area contributed by atoms with Gasteiger partial charge in [-0.25, -0.2) is 0 Å². The SMILES string of the molecule is COc1ccc(C(C)NC(=O)c2cc(C)n(-c3cc(C)on3)c2C)cc1OC. The van der Waals surface area contributed by atoms with Crippen molar-refractivity contribution in [2.45, 2.75) is 33.7 Å². The molecule has 2 heterocycles. The van der Waals surface area contributed by atoms with Crippen LogP contribution in [0.1, 0.15) is 46.0 Å². The second kappa shape index (κ2) is 7.80. The fraction of sp³-hybridized carbons (Fsp3) is 0.333. The maximum atomic E-state index is 12.9. The Morgan fingerprint density at radius 2 is 1.82 bits per heavy atom. The summed E-state index contributed by atoms with van der Waals surface area (Å²) in [4.78, 5) is 12.9. The first-order valence-corrected chi connectivity index (χ1v) is 9.01. The minimum Gasteiger partial charge on any atom is -0.493 e. The fourth-order valence-electron chi connectivity index (χ4n) is 3.28. The van der Waals surface area contributed by atoms with Crippen molar-refractivity contribution in [3.63, 3.8) is 0 Å². The number of hydrogen-bond acceptors (Lipinski definition) is 5. The van der Waals surface area contributed by atoms with Crippen LogP contribution >= 0.6 is 0 Å². The average Bonchev–Trinajstić information content (AvgIpc) is 3.23. The number of ether oxygens (including phenoxy) is 2. The number of carbonyl (C=O) groups is 1. The van der Waals surface area contributed by atoms with Gasteiger partial charge in [-0.05, 0) is 51.5 Å². The summed E-state index contributed by atoms with van der Waals surface area (Å²) in [5, 5.41) is 7.10. The molecular formula is C21H25N3O4. The zero-order chi connectivity index (χ0) is 20.4. The molecule has 0 aliphatic rings. The highest BCUT2D eigenvalue weighted by Gasteiger charge is 2.20. The Hall–Kier alpha value is -3.22. The van der Waals surface area contributed by atoms with Gasteiger partial charge in [0.25, 0.3) is 5.91 Å². The monoisotopic (exact) mass is 383 g/mol. The number of nitrogens with zero attached hydrogens (tertiary/aromatic N) is 2. The van der Waals surface area contributed by atoms with Crippen LogP contribution in [-0.4, -0.2) is 29.9 Å². The Morgan fingerprint density at radius 3 is 2.43 bits per heavy atom. The first-order chi connectivity index (χ1) is 13.3. The maximum absolute atomic E-state index is 12.9. The van der Waals surface area contributed by atoms with Gasteiger partial charge in [-0.3, -0.25) is 9.36 Å². The number of aromatic nitrogens is 2. The lowest BCUT2D eigenvalue weighted by Gasteiger charge is -2.16. The van der Waals surface area contributed by atoms with E-state index in [9.17, 15) is 4.79 Å². The van der Waals surface area contributed by atoms with Gasteiger partial charge in [0.2, 0.25) is 0 Å². The molecule has 1 unspecified atom stereocenters. The molecular weight excluding hydrogens is 358 g/mol. The van der Waals surface area contributed by atoms with Gasteiger partial charge >= 0.3 is 0 Å². The van der Waals surface area contributed by atoms with Crippen LogP contribution in [0.15, 0.2) is 34.9 Å². The van der Waals surface area contributed by atoms with E-state index in [1.54, 1.807) is 14.2 Å². The predicted octanol–water partition coefficient (Wildman–Crippen LogP) is 3.90. The van der Waals surface area contributed by atoms with Crippen LogP contribution in [0.5, 0.6) is 11.5 Å². The molecule has 148 valence electrons. The third kappa shape index (κ3) is 3.60. The molecule has 0 saturated carbocycles. The van der Waals surface area contributed by atoms with E-state index in [4.69, 9.17) is 14.0 Å². The lowest BCUT2D eigenvalue weighted by Crippen LogP contribution is -2.27. The molecule has 7 nitrogen and oxygen atoms in total. The van der Waals surface area contributed by atoms with Crippen LogP contribution < -0.4 is 14.8 Å². The smallest absolute Gasteiger partial charge is 0.253 e. The Kier molecular flexibility index (Phi) is 5.44. The van der Waals surface area contributed by atoms with Crippen LogP contribution in [0.4, 0.5) is 0 Å². The van der Waals surface area contributed by atoms with Crippen LogP contribution in [0, 0.1) is 20.8 Å². The summed E-state index contributed by atoms with van der Waals surface area (Å²) in [6.45, 7) is 7.60. The number of rotatable bonds is 6. The molecule has 1 aromatic carbocycles. The van der Waals surface area contributed by atoms with Crippen molar-refractivity contribution in [2.75, 3.05) is 14.2 Å². The van der Waals surface area contributed by atoms with E-state index in [0.717, 1.165) is 22.7 Å². The van der Waals surface area contributed by atoms with Gasteiger partial charge in [-0.2, -0.15) is 0 Å². The highest BCUT2D eigenvalue weighted by molar-refractivity contribution is 5.96. The number of carbonyl (C=O) groups excluding carboxylic acids is 1. The summed E-state index contributed by atoms with van der Waals surface area (Å²) in [7, 11) is 3.18. The third-order valence-electron chi connectivity index (χ3n) is 4.78. The Labute approximate surface area is 164 Å². The number of nitrogens with one attached hydrogen (secondary N) is 1. The number of methoxy groups -OCH3 is 2. The molecule has 0 radical (unpaired) electrons. The number of hydrogen-bond donors (Lipinski definition) is 1. The van der Waals surface area contributed by atoms with E-state index in [2.05, 4.69) is 10.5 Å². The molecule has 0 aliphatic heterocycles. The lowest BCUT2D eigenvalue weighted by atomic mass is 10.1. The highest BCUT2D eigenvalue weighted by atomic mass is 16.5. The summed E-state index contributed by atoms with van der Waals surface area (Å²) in [5.41, 5.74) is 3.25. The van der Waals surface area contributed by atoms with E-state index >= 15 is 0 Å². The summed E-state index contributed by atoms with van der Waals surface area (Å²) in [6.07, 6.45) is 0. The normalized spacial score (nSPS) is 11.9. The van der Waals surface area contributed by atoms with Gasteiger partial charge in [0.15, 0.2) is 17.3 Å². The minimum absolute atomic E-state index is 0.151. The van der Waals surface area contributed by atoms with Gasteiger partial charge in [0.05, 0.1) is 25.8 Å². The van der Waals surface area contributed by atoms with Crippen molar-refractivity contribution in [2.24, 2.45) is 0 Å². The van der Waals surface area contributed by atoms with Gasteiger partial charge in [0, 0.05) is 17.5 Å². The molecule has 0 bridgehead atoms. The van der Waals surface area contributed by atoms with Gasteiger partial charge < -0.3 is 19.3 Å². The topological polar surface area (TPSA) is 78.5 Å². The third-order valence-corrected chi connectivity index (χ3v) is 4.78. The fourth-order valence-corrected chi connectivity index (χ4v) is 3.28. The minimum atomic E-state index is -0.204. The molecule has 3 rings (SSSR count). The Morgan fingerprint density at radius 1 is 1.11 bits per heavy atom. The van der Waals surface area contributed by atoms with E-state index in [1.807, 2.05) is 62.6 Å². The summed E-state index contributed by atoms with van der Waals surface area (Å²) < 4.78 is 17.7. The molecule has 3 aromatic rings. The van der Waals surface area contributed by atoms with E-state index < -0.39 is 0 Å². The zero-order valence-corrected chi connectivity index (χ0v) is 17.0. The van der Waals surface area contributed by atoms with Crippen LogP contribution in [0.2, 0.25) is 0 Å². The molecule has 0 spiro atoms. The predicted molar refractivity (Wildman–Crippen MR) is 105 cm³/mol. The summed E-state index contributed by atoms with van der Waals surface area (Å²) in [5.74, 6) is 2.51. The molecule has 28 heavy (non-hydrogen) atoms. The van der Waals surface area contributed by atoms with Gasteiger partial charge in [-0.15, -0.1) is 0 Å². The van der Waals surface area contributed by atoms with E-state index in [1.165, 1.54) is 0 Å². The number of benzene rings is 1. The molecule has 1 N–H and O–H groups in total. The first-order valence-electron chi connectivity index (χ1n) is 9.01. The van der Waals surface area contributed by atoms with Crippen molar-refractivity contribution < 1.29 is 18.8 Å². The molecule has 0 aliphatic carbocycles. The van der Waals surface area contributed by atoms with Crippen molar-refractivity contribution in [1.29, 1.82) is 0 Å². The lowest BCUT2D eigenvalue weighted by molar-refractivity contribution is 0.0939. The number of aryl methyl sites for hydroxylation is 2. The van der Waals surface area contributed by atoms with E-state index in [-0.39, 0.29) is 11.9 Å². The zero-order valence-electron chi connectivity index (χ0n) is 17.0. The number of amides is 1. The molecule has 2 aromatic heterocycles. The second-order valence-electron chi connectivity index (χ2n) is 6.73. The standard InChI is InChI=1S/C21H25N3O4/c1-12-9-17(15(4)24(12)20-10-13(2)28-23-20)21(25)22-14(3)16-7-8-18(26-5)19(11-16)27-6/h7-11,14H,1-6H3,(H,22,25). The summed E-state index contributed by atoms with van der Waals surface area (Å²) in [6, 6.07) is 9.10. The highest BCUT2D eigenvalue weighted by Crippen LogP contribution is 2.30. The first kappa shape index (κ1) is 19.5. The van der Waals surface area contributed by atoms with Gasteiger partial charge in [0.1, 0.15) is 5.76 Å². The average molecular weight is 383 g/mol. The quantitative estimate of drug-likeness (QED) is 0.698. The van der Waals surface area contributed by atoms with Crippen LogP contribution in [-0.2, 0) is 0 Å². The Bertz CT molecular complexity index is 1000. The molecule has 0 saturated heterocycles. The second-order valence-corrected chi connectivity index (χ2v) is 6.73. The molecule has 7 heteroatoms. The Balaban J connectivity index is 1.83. The van der Waals surface area contributed by atoms with Gasteiger partial charge in [-0.1, -0.05) is 11.2 Å². The van der Waals surface area contributed by atoms with Crippen molar-refractivity contribution in [3.05, 3.63) is 58.6 Å². The van der Waals surface area contributed by atoms with Crippen LogP contribution in [0.25, 0.3) is 5.82 Å². The van der Waals surface area contributed by atoms with Crippen molar-refractivity contribution in [3.8, 4) is 17.3 Å². The summed E-state index contributed by atoms with van der Waals surface area (Å²) >= 11 is 0.